The van der Waals surface area contributed by atoms with Crippen LogP contribution in [0.1, 0.15) is 12.5 Å². The van der Waals surface area contributed by atoms with Gasteiger partial charge >= 0.3 is 12.0 Å². The summed E-state index contributed by atoms with van der Waals surface area (Å²) in [6.07, 6.45) is 1.54. The molecule has 2 aromatic heterocycles. The minimum Gasteiger partial charge on any atom is -0.469 e. The second-order valence-electron chi connectivity index (χ2n) is 7.25. The van der Waals surface area contributed by atoms with Crippen LogP contribution in [-0.2, 0) is 16.0 Å². The number of esters is 1. The molecule has 0 aliphatic rings. The van der Waals surface area contributed by atoms with Gasteiger partial charge in [0, 0.05) is 23.9 Å². The molecule has 0 saturated carbocycles. The molecule has 34 heavy (non-hydrogen) atoms. The molecule has 0 bridgehead atoms. The van der Waals surface area contributed by atoms with Crippen LogP contribution in [0.4, 0.5) is 18.7 Å². The van der Waals surface area contributed by atoms with Crippen LogP contribution in [0.2, 0.25) is 0 Å². The fourth-order valence-corrected chi connectivity index (χ4v) is 4.39. The van der Waals surface area contributed by atoms with Gasteiger partial charge in [-0.05, 0) is 36.2 Å². The molecule has 0 spiro atoms. The number of methoxy groups -OCH3 is 1. The van der Waals surface area contributed by atoms with Crippen molar-refractivity contribution >= 4 is 38.7 Å². The molecule has 10 heteroatoms. The van der Waals surface area contributed by atoms with Gasteiger partial charge in [0.05, 0.1) is 18.2 Å². The number of anilines is 1. The monoisotopic (exact) mass is 482 g/mol. The van der Waals surface area contributed by atoms with E-state index in [0.717, 1.165) is 11.3 Å². The van der Waals surface area contributed by atoms with Crippen molar-refractivity contribution in [2.75, 3.05) is 19.0 Å². The lowest BCUT2D eigenvalue weighted by atomic mass is 9.98. The second-order valence-corrected chi connectivity index (χ2v) is 8.25. The number of nitrogens with one attached hydrogen (secondary N) is 2. The second kappa shape index (κ2) is 9.92. The van der Waals surface area contributed by atoms with E-state index in [4.69, 9.17) is 0 Å². The van der Waals surface area contributed by atoms with Gasteiger partial charge in [0.25, 0.3) is 0 Å². The van der Waals surface area contributed by atoms with E-state index in [1.165, 1.54) is 31.5 Å². The van der Waals surface area contributed by atoms with Crippen molar-refractivity contribution in [3.63, 3.8) is 0 Å². The highest BCUT2D eigenvalue weighted by Gasteiger charge is 2.22. The van der Waals surface area contributed by atoms with Crippen LogP contribution in [0.15, 0.2) is 48.7 Å². The smallest absolute Gasteiger partial charge is 0.321 e. The first-order chi connectivity index (χ1) is 16.4. The summed E-state index contributed by atoms with van der Waals surface area (Å²) in [4.78, 5) is 31.9. The minimum atomic E-state index is -0.615. The maximum atomic E-state index is 15.6. The summed E-state index contributed by atoms with van der Waals surface area (Å²) in [6.45, 7) is 2.17. The molecule has 2 N–H and O–H groups in total. The van der Waals surface area contributed by atoms with Gasteiger partial charge in [0.2, 0.25) is 0 Å². The van der Waals surface area contributed by atoms with Crippen molar-refractivity contribution in [2.24, 2.45) is 0 Å². The molecule has 2 amide bonds. The third kappa shape index (κ3) is 4.72. The minimum absolute atomic E-state index is 0.00649. The first-order valence-corrected chi connectivity index (χ1v) is 11.2. The van der Waals surface area contributed by atoms with Crippen molar-refractivity contribution < 1.29 is 23.1 Å². The molecule has 0 fully saturated rings. The summed E-state index contributed by atoms with van der Waals surface area (Å²) in [6, 6.07) is 10.5. The van der Waals surface area contributed by atoms with E-state index in [1.807, 2.05) is 0 Å². The van der Waals surface area contributed by atoms with Crippen LogP contribution in [0.25, 0.3) is 32.6 Å². The highest BCUT2D eigenvalue weighted by Crippen LogP contribution is 2.41. The van der Waals surface area contributed by atoms with Gasteiger partial charge in [-0.3, -0.25) is 15.1 Å². The number of amides is 2. The molecule has 2 aromatic carbocycles. The Bertz CT molecular complexity index is 1370. The summed E-state index contributed by atoms with van der Waals surface area (Å²) in [5.74, 6) is -1.57. The van der Waals surface area contributed by atoms with Crippen molar-refractivity contribution in [3.05, 3.63) is 65.9 Å². The third-order valence-electron chi connectivity index (χ3n) is 5.02. The average molecular weight is 483 g/mol. The molecular weight excluding hydrogens is 462 g/mol. The van der Waals surface area contributed by atoms with Gasteiger partial charge < -0.3 is 10.1 Å². The van der Waals surface area contributed by atoms with Gasteiger partial charge in [-0.15, -0.1) is 0 Å². The Labute approximate surface area is 197 Å². The predicted octanol–water partition coefficient (Wildman–Crippen LogP) is 5.16. The number of hydrogen-bond acceptors (Lipinski definition) is 6. The summed E-state index contributed by atoms with van der Waals surface area (Å²) < 4.78 is 35.3. The third-order valence-corrected chi connectivity index (χ3v) is 6.02. The van der Waals surface area contributed by atoms with Gasteiger partial charge in [0.15, 0.2) is 10.9 Å². The van der Waals surface area contributed by atoms with Crippen molar-refractivity contribution in [3.8, 4) is 22.4 Å². The molecule has 7 nitrogen and oxygen atoms in total. The number of ether oxygens (including phenoxy) is 1. The zero-order chi connectivity index (χ0) is 24.2. The number of thiazole rings is 1. The molecule has 0 radical (unpaired) electrons. The van der Waals surface area contributed by atoms with Crippen LogP contribution in [0.5, 0.6) is 0 Å². The number of pyridine rings is 1. The van der Waals surface area contributed by atoms with E-state index in [9.17, 15) is 14.0 Å². The lowest BCUT2D eigenvalue weighted by Gasteiger charge is -2.10. The number of benzene rings is 2. The van der Waals surface area contributed by atoms with Crippen LogP contribution in [0, 0.1) is 11.6 Å². The molecule has 0 unspecified atom stereocenters. The van der Waals surface area contributed by atoms with Crippen LogP contribution in [0.3, 0.4) is 0 Å². The van der Waals surface area contributed by atoms with E-state index >= 15 is 4.39 Å². The van der Waals surface area contributed by atoms with Crippen molar-refractivity contribution in [1.82, 2.24) is 15.3 Å². The predicted molar refractivity (Wildman–Crippen MR) is 127 cm³/mol. The Morgan fingerprint density at radius 2 is 1.88 bits per heavy atom. The number of nitrogens with zero attached hydrogens (tertiary/aromatic N) is 2. The molecular formula is C24H20F2N4O3S. The summed E-state index contributed by atoms with van der Waals surface area (Å²) >= 11 is 1.03. The zero-order valence-corrected chi connectivity index (χ0v) is 19.1. The number of carbonyl (C=O) groups excluding carboxylic acids is 2. The molecule has 2 heterocycles. The highest BCUT2D eigenvalue weighted by molar-refractivity contribution is 7.22. The van der Waals surface area contributed by atoms with E-state index in [1.54, 1.807) is 31.2 Å². The number of urea groups is 1. The van der Waals surface area contributed by atoms with Crippen molar-refractivity contribution in [2.45, 2.75) is 13.3 Å². The first-order valence-electron chi connectivity index (χ1n) is 10.4. The molecule has 0 atom stereocenters. The van der Waals surface area contributed by atoms with Crippen LogP contribution < -0.4 is 10.6 Å². The van der Waals surface area contributed by atoms with Crippen molar-refractivity contribution in [1.29, 1.82) is 0 Å². The highest BCUT2D eigenvalue weighted by atomic mass is 32.1. The standard InChI is InChI=1S/C24H20F2N4O3S/c1-3-27-23(32)30-24-29-21-19(26)15(14-8-6-13(7-9-14)11-18(31)33-2)12-16(22(21)34-24)20-17(25)5-4-10-28-20/h4-10,12H,3,11H2,1-2H3,(H2,27,29,30,32). The van der Waals surface area contributed by atoms with Crippen LogP contribution in [-0.4, -0.2) is 35.6 Å². The molecule has 4 rings (SSSR count). The average Bonchev–Trinajstić information content (AvgIpc) is 3.25. The topological polar surface area (TPSA) is 93.2 Å². The Kier molecular flexibility index (Phi) is 6.78. The Balaban J connectivity index is 1.86. The summed E-state index contributed by atoms with van der Waals surface area (Å²) in [5.41, 5.74) is 1.79. The number of hydrogen-bond donors (Lipinski definition) is 2. The quantitative estimate of drug-likeness (QED) is 0.370. The Hall–Kier alpha value is -3.92. The first kappa shape index (κ1) is 23.2. The molecule has 0 aliphatic heterocycles. The Morgan fingerprint density at radius 3 is 2.56 bits per heavy atom. The van der Waals surface area contributed by atoms with E-state index in [2.05, 4.69) is 25.3 Å². The fourth-order valence-electron chi connectivity index (χ4n) is 3.42. The zero-order valence-electron chi connectivity index (χ0n) is 18.3. The number of carbonyl (C=O) groups is 2. The maximum Gasteiger partial charge on any atom is 0.321 e. The summed E-state index contributed by atoms with van der Waals surface area (Å²) in [5, 5.41) is 5.33. The van der Waals surface area contributed by atoms with Gasteiger partial charge in [-0.1, -0.05) is 35.6 Å². The molecule has 0 saturated heterocycles. The number of halogens is 2. The number of rotatable bonds is 6. The molecule has 174 valence electrons. The van der Waals surface area contributed by atoms with E-state index < -0.39 is 17.7 Å². The van der Waals surface area contributed by atoms with E-state index in [0.29, 0.717) is 27.9 Å². The molecule has 0 aliphatic carbocycles. The lowest BCUT2D eigenvalue weighted by molar-refractivity contribution is -0.139. The summed E-state index contributed by atoms with van der Waals surface area (Å²) in [7, 11) is 1.31. The van der Waals surface area contributed by atoms with Gasteiger partial charge in [-0.2, -0.15) is 0 Å². The number of aromatic nitrogens is 2. The van der Waals surface area contributed by atoms with E-state index in [-0.39, 0.29) is 34.3 Å². The fraction of sp³-hybridized carbons (Fsp3) is 0.167. The Morgan fingerprint density at radius 1 is 1.12 bits per heavy atom. The number of fused-ring (bicyclic) bond motifs is 1. The maximum absolute atomic E-state index is 15.6. The largest absolute Gasteiger partial charge is 0.469 e. The van der Waals surface area contributed by atoms with Gasteiger partial charge in [0.1, 0.15) is 17.0 Å². The molecule has 4 aromatic rings. The normalized spacial score (nSPS) is 10.8. The lowest BCUT2D eigenvalue weighted by Crippen LogP contribution is -2.28. The van der Waals surface area contributed by atoms with Gasteiger partial charge in [-0.25, -0.2) is 18.6 Å². The SMILES string of the molecule is CCNC(=O)Nc1nc2c(F)c(-c3ccc(CC(=O)OC)cc3)cc(-c3ncccc3F)c2s1. The van der Waals surface area contributed by atoms with Crippen LogP contribution >= 0.6 is 11.3 Å².